The minimum Gasteiger partial charge on any atom is -0.326 e. The smallest absolute Gasteiger partial charge is 0.326 e. The third-order valence-electron chi connectivity index (χ3n) is 1.89. The topological polar surface area (TPSA) is 69.2 Å². The second-order valence-electron chi connectivity index (χ2n) is 2.92. The summed E-state index contributed by atoms with van der Waals surface area (Å²) in [4.78, 5) is 9.19. The van der Waals surface area contributed by atoms with E-state index in [1.54, 1.807) is 0 Å². The van der Waals surface area contributed by atoms with Crippen molar-refractivity contribution in [2.75, 3.05) is 0 Å². The first-order valence-electron chi connectivity index (χ1n) is 4.01. The number of nitro benzene ring substituents is 1. The Morgan fingerprint density at radius 3 is 2.31 bits per heavy atom. The van der Waals surface area contributed by atoms with Crippen LogP contribution in [0.1, 0.15) is 11.1 Å². The molecule has 0 radical (unpaired) electrons. The van der Waals surface area contributed by atoms with Crippen molar-refractivity contribution in [3.05, 3.63) is 39.2 Å². The number of nitrogens with two attached hydrogens (primary N) is 1. The summed E-state index contributed by atoms with van der Waals surface area (Å²) in [6, 6.07) is 0.582. The molecule has 0 saturated carbocycles. The molecule has 0 atom stereocenters. The Bertz CT molecular complexity index is 431. The van der Waals surface area contributed by atoms with E-state index < -0.39 is 40.3 Å². The number of alkyl halides is 3. The second-order valence-corrected chi connectivity index (χ2v) is 2.92. The standard InChI is InChI=1S/C8H6F4N2O2/c9-6-2-5(8(10,11)12)4(3-13)1-7(6)14(15)16/h1-2H,3,13H2. The number of rotatable bonds is 2. The van der Waals surface area contributed by atoms with Crippen LogP contribution in [0.15, 0.2) is 12.1 Å². The van der Waals surface area contributed by atoms with Gasteiger partial charge in [0.2, 0.25) is 5.82 Å². The average molecular weight is 238 g/mol. The van der Waals surface area contributed by atoms with Gasteiger partial charge in [-0.3, -0.25) is 10.1 Å². The van der Waals surface area contributed by atoms with Gasteiger partial charge in [0, 0.05) is 12.6 Å². The van der Waals surface area contributed by atoms with E-state index in [9.17, 15) is 27.7 Å². The average Bonchev–Trinajstić information content (AvgIpc) is 2.15. The lowest BCUT2D eigenvalue weighted by atomic mass is 10.1. The molecular formula is C8H6F4N2O2. The van der Waals surface area contributed by atoms with Crippen molar-refractivity contribution >= 4 is 5.69 Å². The molecule has 88 valence electrons. The van der Waals surface area contributed by atoms with Gasteiger partial charge in [0.1, 0.15) is 0 Å². The zero-order valence-electron chi connectivity index (χ0n) is 7.71. The summed E-state index contributed by atoms with van der Waals surface area (Å²) in [6.45, 7) is -0.560. The zero-order valence-corrected chi connectivity index (χ0v) is 7.71. The molecule has 2 N–H and O–H groups in total. The molecule has 0 heterocycles. The maximum atomic E-state index is 13.0. The summed E-state index contributed by atoms with van der Waals surface area (Å²) < 4.78 is 50.0. The minimum absolute atomic E-state index is 0.0837. The predicted molar refractivity (Wildman–Crippen MR) is 45.9 cm³/mol. The summed E-state index contributed by atoms with van der Waals surface area (Å²) in [7, 11) is 0. The van der Waals surface area contributed by atoms with Gasteiger partial charge < -0.3 is 5.73 Å². The first kappa shape index (κ1) is 12.4. The molecule has 16 heavy (non-hydrogen) atoms. The fraction of sp³-hybridized carbons (Fsp3) is 0.250. The number of benzene rings is 1. The lowest BCUT2D eigenvalue weighted by molar-refractivity contribution is -0.387. The molecule has 0 aliphatic carbocycles. The molecule has 1 rings (SSSR count). The molecule has 0 fully saturated rings. The summed E-state index contributed by atoms with van der Waals surface area (Å²) >= 11 is 0. The molecule has 0 aliphatic heterocycles. The molecule has 0 unspecified atom stereocenters. The molecule has 0 saturated heterocycles. The summed E-state index contributed by atoms with van der Waals surface area (Å²) in [5.41, 5.74) is 2.19. The van der Waals surface area contributed by atoms with E-state index in [4.69, 9.17) is 5.73 Å². The van der Waals surface area contributed by atoms with Crippen LogP contribution >= 0.6 is 0 Å². The van der Waals surface area contributed by atoms with E-state index >= 15 is 0 Å². The Hall–Kier alpha value is -1.70. The third kappa shape index (κ3) is 2.27. The predicted octanol–water partition coefficient (Wildman–Crippen LogP) is 2.21. The lowest BCUT2D eigenvalue weighted by Gasteiger charge is -2.11. The van der Waals surface area contributed by atoms with E-state index in [0.717, 1.165) is 0 Å². The SMILES string of the molecule is NCc1cc([N+](=O)[O-])c(F)cc1C(F)(F)F. The quantitative estimate of drug-likeness (QED) is 0.487. The van der Waals surface area contributed by atoms with E-state index in [0.29, 0.717) is 6.07 Å². The Labute approximate surface area is 86.8 Å². The number of hydrogen-bond donors (Lipinski definition) is 1. The van der Waals surface area contributed by atoms with Crippen LogP contribution in [0.2, 0.25) is 0 Å². The molecule has 0 aromatic heterocycles. The lowest BCUT2D eigenvalue weighted by Crippen LogP contribution is -2.13. The molecule has 0 bridgehead atoms. The highest BCUT2D eigenvalue weighted by molar-refractivity contribution is 5.42. The molecule has 8 heteroatoms. The third-order valence-corrected chi connectivity index (χ3v) is 1.89. The fourth-order valence-electron chi connectivity index (χ4n) is 1.18. The Morgan fingerprint density at radius 2 is 1.94 bits per heavy atom. The molecule has 1 aromatic carbocycles. The van der Waals surface area contributed by atoms with Gasteiger partial charge in [-0.15, -0.1) is 0 Å². The van der Waals surface area contributed by atoms with Gasteiger partial charge in [-0.2, -0.15) is 17.6 Å². The van der Waals surface area contributed by atoms with Crippen LogP contribution < -0.4 is 5.73 Å². The maximum absolute atomic E-state index is 13.0. The van der Waals surface area contributed by atoms with Crippen LogP contribution in [0.5, 0.6) is 0 Å². The van der Waals surface area contributed by atoms with Gasteiger partial charge >= 0.3 is 11.9 Å². The molecule has 1 aromatic rings. The molecule has 4 nitrogen and oxygen atoms in total. The Morgan fingerprint density at radius 1 is 1.38 bits per heavy atom. The second kappa shape index (κ2) is 4.05. The minimum atomic E-state index is -4.79. The van der Waals surface area contributed by atoms with Crippen LogP contribution in [0.4, 0.5) is 23.2 Å². The van der Waals surface area contributed by atoms with Crippen molar-refractivity contribution in [3.8, 4) is 0 Å². The number of halogens is 4. The number of nitro groups is 1. The van der Waals surface area contributed by atoms with Gasteiger partial charge in [-0.25, -0.2) is 0 Å². The van der Waals surface area contributed by atoms with Crippen LogP contribution in [0.25, 0.3) is 0 Å². The first-order valence-corrected chi connectivity index (χ1v) is 4.01. The molecule has 0 spiro atoms. The highest BCUT2D eigenvalue weighted by Gasteiger charge is 2.35. The molecule has 0 amide bonds. The van der Waals surface area contributed by atoms with E-state index in [2.05, 4.69) is 0 Å². The van der Waals surface area contributed by atoms with Crippen molar-refractivity contribution in [2.24, 2.45) is 5.73 Å². The van der Waals surface area contributed by atoms with E-state index in [-0.39, 0.29) is 6.07 Å². The fourth-order valence-corrected chi connectivity index (χ4v) is 1.18. The van der Waals surface area contributed by atoms with Crippen LogP contribution in [-0.2, 0) is 12.7 Å². The largest absolute Gasteiger partial charge is 0.416 e. The summed E-state index contributed by atoms with van der Waals surface area (Å²) in [6.07, 6.45) is -4.79. The number of hydrogen-bond acceptors (Lipinski definition) is 3. The van der Waals surface area contributed by atoms with Crippen molar-refractivity contribution in [3.63, 3.8) is 0 Å². The molecule has 0 aliphatic rings. The van der Waals surface area contributed by atoms with E-state index in [1.807, 2.05) is 0 Å². The Balaban J connectivity index is 3.44. The first-order chi connectivity index (χ1) is 7.27. The van der Waals surface area contributed by atoms with Crippen molar-refractivity contribution < 1.29 is 22.5 Å². The van der Waals surface area contributed by atoms with Gasteiger partial charge in [0.05, 0.1) is 10.5 Å². The highest BCUT2D eigenvalue weighted by Crippen LogP contribution is 2.34. The monoisotopic (exact) mass is 238 g/mol. The van der Waals surface area contributed by atoms with Crippen molar-refractivity contribution in [1.82, 2.24) is 0 Å². The van der Waals surface area contributed by atoms with Crippen LogP contribution in [-0.4, -0.2) is 4.92 Å². The summed E-state index contributed by atoms with van der Waals surface area (Å²) in [5.74, 6) is -1.53. The van der Waals surface area contributed by atoms with Crippen LogP contribution in [0, 0.1) is 15.9 Å². The van der Waals surface area contributed by atoms with Gasteiger partial charge in [-0.1, -0.05) is 0 Å². The van der Waals surface area contributed by atoms with Crippen LogP contribution in [0.3, 0.4) is 0 Å². The van der Waals surface area contributed by atoms with Gasteiger partial charge in [-0.05, 0) is 11.6 Å². The van der Waals surface area contributed by atoms with Gasteiger partial charge in [0.15, 0.2) is 0 Å². The molecular weight excluding hydrogens is 232 g/mol. The highest BCUT2D eigenvalue weighted by atomic mass is 19.4. The Kier molecular flexibility index (Phi) is 3.13. The maximum Gasteiger partial charge on any atom is 0.416 e. The van der Waals surface area contributed by atoms with E-state index in [1.165, 1.54) is 0 Å². The zero-order chi connectivity index (χ0) is 12.5. The van der Waals surface area contributed by atoms with Gasteiger partial charge in [0.25, 0.3) is 0 Å². The van der Waals surface area contributed by atoms with Crippen molar-refractivity contribution in [1.29, 1.82) is 0 Å². The normalized spacial score (nSPS) is 11.6. The van der Waals surface area contributed by atoms with Crippen molar-refractivity contribution in [2.45, 2.75) is 12.7 Å². The number of nitrogens with zero attached hydrogens (tertiary/aromatic N) is 1. The summed E-state index contributed by atoms with van der Waals surface area (Å²) in [5, 5.41) is 10.3.